The molecular weight excluding hydrogens is 306 g/mol. The molecule has 2 rings (SSSR count). The van der Waals surface area contributed by atoms with Crippen molar-refractivity contribution in [2.45, 2.75) is 52.5 Å². The first-order valence-electron chi connectivity index (χ1n) is 8.41. The smallest absolute Gasteiger partial charge is 0.222 e. The Bertz CT molecular complexity index is 659. The zero-order valence-electron chi connectivity index (χ0n) is 14.4. The second-order valence-corrected chi connectivity index (χ2v) is 6.36. The van der Waals surface area contributed by atoms with Crippen LogP contribution in [0.15, 0.2) is 0 Å². The van der Waals surface area contributed by atoms with E-state index in [1.807, 2.05) is 18.5 Å². The van der Waals surface area contributed by atoms with E-state index in [0.717, 1.165) is 29.8 Å². The van der Waals surface area contributed by atoms with Gasteiger partial charge in [0, 0.05) is 25.2 Å². The van der Waals surface area contributed by atoms with Crippen molar-refractivity contribution >= 4 is 11.8 Å². The van der Waals surface area contributed by atoms with Gasteiger partial charge in [0.05, 0.1) is 30.6 Å². The molecule has 0 aromatic carbocycles. The maximum Gasteiger partial charge on any atom is 0.222 e. The molecule has 0 unspecified atom stereocenters. The van der Waals surface area contributed by atoms with Crippen LogP contribution in [0.25, 0.3) is 0 Å². The number of hydrogen-bond donors (Lipinski definition) is 1. The second-order valence-electron chi connectivity index (χ2n) is 6.36. The molecule has 7 heteroatoms. The van der Waals surface area contributed by atoms with Gasteiger partial charge in [-0.1, -0.05) is 0 Å². The van der Waals surface area contributed by atoms with Crippen molar-refractivity contribution < 1.29 is 9.59 Å². The average Bonchev–Trinajstić information content (AvgIpc) is 2.84. The Kier molecular flexibility index (Phi) is 5.96. The van der Waals surface area contributed by atoms with E-state index in [9.17, 15) is 9.59 Å². The summed E-state index contributed by atoms with van der Waals surface area (Å²) in [5, 5.41) is 13.2. The molecule has 0 aliphatic carbocycles. The largest absolute Gasteiger partial charge is 0.369 e. The molecule has 0 bridgehead atoms. The maximum atomic E-state index is 12.4. The predicted molar refractivity (Wildman–Crippen MR) is 88.8 cm³/mol. The predicted octanol–water partition coefficient (Wildman–Crippen LogP) is 1.07. The first-order chi connectivity index (χ1) is 11.4. The molecule has 1 saturated heterocycles. The number of aryl methyl sites for hydroxylation is 2. The highest BCUT2D eigenvalue weighted by Gasteiger charge is 2.27. The third-order valence-corrected chi connectivity index (χ3v) is 4.73. The second kappa shape index (κ2) is 7.95. The van der Waals surface area contributed by atoms with E-state index in [4.69, 9.17) is 11.0 Å². The van der Waals surface area contributed by atoms with E-state index < -0.39 is 0 Å². The Morgan fingerprint density at radius 2 is 2.17 bits per heavy atom. The van der Waals surface area contributed by atoms with Crippen LogP contribution in [0.5, 0.6) is 0 Å². The van der Waals surface area contributed by atoms with E-state index in [0.29, 0.717) is 38.9 Å². The summed E-state index contributed by atoms with van der Waals surface area (Å²) in [6.45, 7) is 5.61. The number of nitrogens with two attached hydrogens (primary N) is 1. The standard InChI is InChI=1S/C17H25N5O2/c1-12-15(13(2)22(20-12)10-4-8-18)6-7-16(23)21-9-3-5-14(11-21)17(19)24/h14H,3-7,9-11H2,1-2H3,(H2,19,24)/t14-/m1/s1. The molecule has 7 nitrogen and oxygen atoms in total. The van der Waals surface area contributed by atoms with Crippen molar-refractivity contribution in [2.75, 3.05) is 13.1 Å². The fourth-order valence-corrected chi connectivity index (χ4v) is 3.30. The number of hydrogen-bond acceptors (Lipinski definition) is 4. The fraction of sp³-hybridized carbons (Fsp3) is 0.647. The Hall–Kier alpha value is -2.36. The summed E-state index contributed by atoms with van der Waals surface area (Å²) in [5.41, 5.74) is 8.37. The molecule has 2 heterocycles. The van der Waals surface area contributed by atoms with E-state index in [1.165, 1.54) is 0 Å². The SMILES string of the molecule is Cc1nn(CCC#N)c(C)c1CCC(=O)N1CCC[C@@H](C(N)=O)C1. The van der Waals surface area contributed by atoms with Crippen molar-refractivity contribution in [1.29, 1.82) is 5.26 Å². The van der Waals surface area contributed by atoms with Gasteiger partial charge in [0.2, 0.25) is 11.8 Å². The lowest BCUT2D eigenvalue weighted by Gasteiger charge is -2.31. The molecule has 1 aromatic heterocycles. The van der Waals surface area contributed by atoms with Crippen LogP contribution >= 0.6 is 0 Å². The van der Waals surface area contributed by atoms with Gasteiger partial charge in [-0.2, -0.15) is 10.4 Å². The highest BCUT2D eigenvalue weighted by Crippen LogP contribution is 2.19. The molecule has 24 heavy (non-hydrogen) atoms. The molecule has 2 amide bonds. The van der Waals surface area contributed by atoms with Crippen LogP contribution in [0.3, 0.4) is 0 Å². The van der Waals surface area contributed by atoms with Crippen LogP contribution in [0, 0.1) is 31.1 Å². The van der Waals surface area contributed by atoms with Gasteiger partial charge in [-0.3, -0.25) is 14.3 Å². The number of likely N-dealkylation sites (tertiary alicyclic amines) is 1. The molecule has 0 radical (unpaired) electrons. The van der Waals surface area contributed by atoms with Crippen molar-refractivity contribution in [3.8, 4) is 6.07 Å². The van der Waals surface area contributed by atoms with Gasteiger partial charge >= 0.3 is 0 Å². The molecule has 1 aromatic rings. The number of nitriles is 1. The molecular formula is C17H25N5O2. The third-order valence-electron chi connectivity index (χ3n) is 4.73. The first-order valence-corrected chi connectivity index (χ1v) is 8.41. The zero-order chi connectivity index (χ0) is 17.7. The molecule has 1 aliphatic heterocycles. The minimum atomic E-state index is -0.321. The molecule has 1 fully saturated rings. The van der Waals surface area contributed by atoms with Crippen molar-refractivity contribution in [3.63, 3.8) is 0 Å². The van der Waals surface area contributed by atoms with Crippen molar-refractivity contribution in [3.05, 3.63) is 17.0 Å². The number of nitrogens with zero attached hydrogens (tertiary/aromatic N) is 4. The zero-order valence-corrected chi connectivity index (χ0v) is 14.4. The minimum Gasteiger partial charge on any atom is -0.369 e. The molecule has 2 N–H and O–H groups in total. The van der Waals surface area contributed by atoms with Gasteiger partial charge in [-0.05, 0) is 38.7 Å². The fourth-order valence-electron chi connectivity index (χ4n) is 3.30. The highest BCUT2D eigenvalue weighted by molar-refractivity contribution is 5.80. The first kappa shape index (κ1) is 18.0. The van der Waals surface area contributed by atoms with Gasteiger partial charge in [-0.25, -0.2) is 0 Å². The van der Waals surface area contributed by atoms with Gasteiger partial charge in [0.1, 0.15) is 0 Å². The van der Waals surface area contributed by atoms with Gasteiger partial charge in [-0.15, -0.1) is 0 Å². The summed E-state index contributed by atoms with van der Waals surface area (Å²) < 4.78 is 1.84. The van der Waals surface area contributed by atoms with Crippen molar-refractivity contribution in [2.24, 2.45) is 11.7 Å². The number of carbonyl (C=O) groups excluding carboxylic acids is 2. The maximum absolute atomic E-state index is 12.4. The van der Waals surface area contributed by atoms with Crippen molar-refractivity contribution in [1.82, 2.24) is 14.7 Å². The van der Waals surface area contributed by atoms with E-state index in [2.05, 4.69) is 11.2 Å². The van der Waals surface area contributed by atoms with Crippen LogP contribution in [0.2, 0.25) is 0 Å². The van der Waals surface area contributed by atoms with E-state index in [1.54, 1.807) is 4.90 Å². The van der Waals surface area contributed by atoms with Crippen LogP contribution < -0.4 is 5.73 Å². The summed E-state index contributed by atoms with van der Waals surface area (Å²) in [4.78, 5) is 25.5. The van der Waals surface area contributed by atoms with Crippen LogP contribution in [0.4, 0.5) is 0 Å². The minimum absolute atomic E-state index is 0.0597. The lowest BCUT2D eigenvalue weighted by molar-refractivity contribution is -0.134. The molecule has 130 valence electrons. The normalized spacial score (nSPS) is 17.5. The van der Waals surface area contributed by atoms with Crippen LogP contribution in [-0.2, 0) is 22.6 Å². The topological polar surface area (TPSA) is 105 Å². The lowest BCUT2D eigenvalue weighted by atomic mass is 9.97. The number of amides is 2. The number of piperidine rings is 1. The lowest BCUT2D eigenvalue weighted by Crippen LogP contribution is -2.44. The Balaban J connectivity index is 1.95. The summed E-state index contributed by atoms with van der Waals surface area (Å²) in [7, 11) is 0. The summed E-state index contributed by atoms with van der Waals surface area (Å²) in [6.07, 6.45) is 3.03. The number of aromatic nitrogens is 2. The Morgan fingerprint density at radius 1 is 1.42 bits per heavy atom. The van der Waals surface area contributed by atoms with Gasteiger partial charge in [0.25, 0.3) is 0 Å². The molecule has 0 spiro atoms. The number of rotatable bonds is 6. The van der Waals surface area contributed by atoms with E-state index >= 15 is 0 Å². The van der Waals surface area contributed by atoms with Gasteiger partial charge < -0.3 is 10.6 Å². The van der Waals surface area contributed by atoms with E-state index in [-0.39, 0.29) is 17.7 Å². The molecule has 1 aliphatic rings. The van der Waals surface area contributed by atoms with Crippen LogP contribution in [-0.4, -0.2) is 39.6 Å². The molecule has 1 atom stereocenters. The highest BCUT2D eigenvalue weighted by atomic mass is 16.2. The Morgan fingerprint density at radius 3 is 2.83 bits per heavy atom. The summed E-state index contributed by atoms with van der Waals surface area (Å²) in [6, 6.07) is 2.12. The monoisotopic (exact) mass is 331 g/mol. The molecule has 0 saturated carbocycles. The third kappa shape index (κ3) is 4.13. The van der Waals surface area contributed by atoms with Gasteiger partial charge in [0.15, 0.2) is 0 Å². The number of primary amides is 1. The summed E-state index contributed by atoms with van der Waals surface area (Å²) in [5.74, 6) is -0.484. The van der Waals surface area contributed by atoms with Crippen LogP contribution in [0.1, 0.15) is 42.6 Å². The Labute approximate surface area is 142 Å². The number of carbonyl (C=O) groups is 2. The quantitative estimate of drug-likeness (QED) is 0.841. The average molecular weight is 331 g/mol. The summed E-state index contributed by atoms with van der Waals surface area (Å²) >= 11 is 0.